The molecule has 2 aromatic carbocycles. The molecule has 1 fully saturated rings. The summed E-state index contributed by atoms with van der Waals surface area (Å²) in [6.07, 6.45) is -2.40. The number of alkyl halides is 3. The molecule has 1 aliphatic rings. The summed E-state index contributed by atoms with van der Waals surface area (Å²) in [4.78, 5) is 39.6. The third kappa shape index (κ3) is 6.38. The fourth-order valence-corrected chi connectivity index (χ4v) is 5.24. The number of anilines is 2. The number of aryl methyl sites for hydroxylation is 1. The largest absolute Gasteiger partial charge is 0.497 e. The molecule has 0 unspecified atom stereocenters. The molecule has 0 saturated carbocycles. The molecular formula is C29H26F3N7O3S. The number of nitrogens with one attached hydrogen (secondary N) is 1. The van der Waals surface area contributed by atoms with Gasteiger partial charge in [-0.05, 0) is 60.4 Å². The fourth-order valence-electron chi connectivity index (χ4n) is 4.38. The Morgan fingerprint density at radius 2 is 1.91 bits per heavy atom. The summed E-state index contributed by atoms with van der Waals surface area (Å²) in [6, 6.07) is 12.1. The molecular weight excluding hydrogens is 583 g/mol. The van der Waals surface area contributed by atoms with Crippen LogP contribution in [-0.4, -0.2) is 49.7 Å². The molecule has 0 spiro atoms. The summed E-state index contributed by atoms with van der Waals surface area (Å²) >= 11 is 1.18. The highest BCUT2D eigenvalue weighted by atomic mass is 32.2. The minimum atomic E-state index is -4.49. The number of benzene rings is 2. The first-order valence-electron chi connectivity index (χ1n) is 13.0. The van der Waals surface area contributed by atoms with Crippen LogP contribution < -0.4 is 15.0 Å². The normalized spacial score (nSPS) is 14.6. The van der Waals surface area contributed by atoms with Crippen LogP contribution in [0.3, 0.4) is 0 Å². The van der Waals surface area contributed by atoms with Crippen LogP contribution in [0.1, 0.15) is 36.5 Å². The van der Waals surface area contributed by atoms with Gasteiger partial charge >= 0.3 is 12.2 Å². The van der Waals surface area contributed by atoms with E-state index in [0.29, 0.717) is 34.1 Å². The summed E-state index contributed by atoms with van der Waals surface area (Å²) in [5.41, 5.74) is 2.48. The van der Waals surface area contributed by atoms with Gasteiger partial charge in [0, 0.05) is 23.5 Å². The van der Waals surface area contributed by atoms with E-state index in [2.05, 4.69) is 25.4 Å². The number of carbonyl (C=O) groups is 2. The number of nitrogens with zero attached hydrogens (tertiary/aromatic N) is 6. The molecule has 0 bridgehead atoms. The van der Waals surface area contributed by atoms with Crippen molar-refractivity contribution in [1.82, 2.24) is 19.7 Å². The lowest BCUT2D eigenvalue weighted by molar-refractivity contribution is -0.137. The standard InChI is InChI=1S/C29H26F3N7O3S/c1-16(2)21-8-7-20(42-4)12-23(21)39-25(40)14-43-28(39)36-27(41)35-22-9-5-18(11-17(22)3)26-34-15-38(37-26)24-10-6-19(13-33-24)29(30,31)32/h5-13,15-16H,14H2,1-4H3,(H,35,41). The van der Waals surface area contributed by atoms with Crippen LogP contribution in [0.2, 0.25) is 0 Å². The van der Waals surface area contributed by atoms with Crippen LogP contribution in [0, 0.1) is 6.92 Å². The lowest BCUT2D eigenvalue weighted by atomic mass is 10.00. The Morgan fingerprint density at radius 3 is 2.56 bits per heavy atom. The van der Waals surface area contributed by atoms with Crippen molar-refractivity contribution >= 4 is 40.2 Å². The van der Waals surface area contributed by atoms with E-state index in [9.17, 15) is 22.8 Å². The Hall–Kier alpha value is -4.72. The van der Waals surface area contributed by atoms with E-state index in [-0.39, 0.29) is 28.6 Å². The summed E-state index contributed by atoms with van der Waals surface area (Å²) in [5, 5.41) is 7.35. The maximum Gasteiger partial charge on any atom is 0.417 e. The molecule has 1 saturated heterocycles. The van der Waals surface area contributed by atoms with Crippen LogP contribution in [0.5, 0.6) is 5.75 Å². The van der Waals surface area contributed by atoms with Crippen molar-refractivity contribution in [1.29, 1.82) is 0 Å². The second-order valence-electron chi connectivity index (χ2n) is 9.87. The lowest BCUT2D eigenvalue weighted by Gasteiger charge is -2.22. The third-order valence-electron chi connectivity index (χ3n) is 6.59. The molecule has 2 aromatic heterocycles. The number of urea groups is 1. The number of amides is 3. The molecule has 1 N–H and O–H groups in total. The maximum atomic E-state index is 13.0. The van der Waals surface area contributed by atoms with E-state index in [1.807, 2.05) is 26.0 Å². The number of carbonyl (C=O) groups excluding carboxylic acids is 2. The van der Waals surface area contributed by atoms with Gasteiger partial charge in [-0.1, -0.05) is 31.7 Å². The highest BCUT2D eigenvalue weighted by molar-refractivity contribution is 8.15. The second kappa shape index (κ2) is 11.9. The van der Waals surface area contributed by atoms with Gasteiger partial charge in [-0.25, -0.2) is 19.4 Å². The smallest absolute Gasteiger partial charge is 0.417 e. The summed E-state index contributed by atoms with van der Waals surface area (Å²) in [5.74, 6) is 1.15. The van der Waals surface area contributed by atoms with E-state index in [0.717, 1.165) is 17.8 Å². The Balaban J connectivity index is 1.33. The van der Waals surface area contributed by atoms with Crippen molar-refractivity contribution in [3.63, 3.8) is 0 Å². The number of hydrogen-bond acceptors (Lipinski definition) is 7. The summed E-state index contributed by atoms with van der Waals surface area (Å²) < 4.78 is 45.1. The zero-order valence-corrected chi connectivity index (χ0v) is 24.3. The molecule has 222 valence electrons. The third-order valence-corrected chi connectivity index (χ3v) is 7.51. The van der Waals surface area contributed by atoms with Gasteiger partial charge in [-0.2, -0.15) is 18.2 Å². The zero-order valence-electron chi connectivity index (χ0n) is 23.5. The first kappa shape index (κ1) is 29.8. The van der Waals surface area contributed by atoms with Crippen molar-refractivity contribution in [3.8, 4) is 23.0 Å². The highest BCUT2D eigenvalue weighted by Gasteiger charge is 2.33. The van der Waals surface area contributed by atoms with Gasteiger partial charge in [0.25, 0.3) is 0 Å². The SMILES string of the molecule is COc1ccc(C(C)C)c(N2C(=O)CSC2=NC(=O)Nc2ccc(-c3ncn(-c4ccc(C(F)(F)F)cn4)n3)cc2C)c1. The number of halogens is 3. The van der Waals surface area contributed by atoms with Crippen LogP contribution in [0.4, 0.5) is 29.3 Å². The molecule has 43 heavy (non-hydrogen) atoms. The number of amidine groups is 1. The molecule has 4 aromatic rings. The van der Waals surface area contributed by atoms with Gasteiger partial charge in [0.1, 0.15) is 12.1 Å². The number of pyridine rings is 1. The minimum Gasteiger partial charge on any atom is -0.497 e. The van der Waals surface area contributed by atoms with E-state index in [1.165, 1.54) is 33.7 Å². The topological polar surface area (TPSA) is 115 Å². The van der Waals surface area contributed by atoms with E-state index < -0.39 is 17.8 Å². The Morgan fingerprint density at radius 1 is 1.12 bits per heavy atom. The predicted octanol–water partition coefficient (Wildman–Crippen LogP) is 6.46. The Kier molecular flexibility index (Phi) is 8.22. The van der Waals surface area contributed by atoms with Crippen molar-refractivity contribution in [2.45, 2.75) is 32.9 Å². The van der Waals surface area contributed by atoms with Crippen molar-refractivity contribution in [2.75, 3.05) is 23.1 Å². The molecule has 14 heteroatoms. The minimum absolute atomic E-state index is 0.114. The van der Waals surface area contributed by atoms with Gasteiger partial charge < -0.3 is 10.1 Å². The molecule has 0 aliphatic carbocycles. The molecule has 0 atom stereocenters. The molecule has 3 heterocycles. The van der Waals surface area contributed by atoms with Crippen LogP contribution in [0.15, 0.2) is 66.0 Å². The molecule has 3 amide bonds. The maximum absolute atomic E-state index is 13.0. The van der Waals surface area contributed by atoms with Crippen LogP contribution >= 0.6 is 11.8 Å². The van der Waals surface area contributed by atoms with Gasteiger partial charge in [0.15, 0.2) is 16.8 Å². The number of thioether (sulfide) groups is 1. The number of aliphatic imine (C=N–C) groups is 1. The Bertz CT molecular complexity index is 1720. The molecule has 10 nitrogen and oxygen atoms in total. The molecule has 1 aliphatic heterocycles. The number of hydrogen-bond donors (Lipinski definition) is 1. The first-order valence-corrected chi connectivity index (χ1v) is 14.0. The molecule has 5 rings (SSSR count). The van der Waals surface area contributed by atoms with E-state index in [4.69, 9.17) is 4.74 Å². The van der Waals surface area contributed by atoms with Gasteiger partial charge in [-0.3, -0.25) is 9.69 Å². The second-order valence-corrected chi connectivity index (χ2v) is 10.8. The van der Waals surface area contributed by atoms with Crippen molar-refractivity contribution < 1.29 is 27.5 Å². The number of methoxy groups -OCH3 is 1. The Labute approximate surface area is 249 Å². The van der Waals surface area contributed by atoms with Gasteiger partial charge in [0.05, 0.1) is 24.1 Å². The van der Waals surface area contributed by atoms with E-state index in [1.54, 1.807) is 38.3 Å². The lowest BCUT2D eigenvalue weighted by Crippen LogP contribution is -2.31. The number of rotatable bonds is 6. The monoisotopic (exact) mass is 609 g/mol. The van der Waals surface area contributed by atoms with Crippen LogP contribution in [0.25, 0.3) is 17.2 Å². The van der Waals surface area contributed by atoms with Gasteiger partial charge in [-0.15, -0.1) is 5.10 Å². The quantitative estimate of drug-likeness (QED) is 0.267. The number of ether oxygens (including phenoxy) is 1. The highest BCUT2D eigenvalue weighted by Crippen LogP contribution is 2.36. The van der Waals surface area contributed by atoms with E-state index >= 15 is 0 Å². The number of aromatic nitrogens is 4. The van der Waals surface area contributed by atoms with Gasteiger partial charge in [0.2, 0.25) is 5.91 Å². The van der Waals surface area contributed by atoms with Crippen molar-refractivity contribution in [3.05, 3.63) is 77.7 Å². The fraction of sp³-hybridized carbons (Fsp3) is 0.241. The predicted molar refractivity (Wildman–Crippen MR) is 158 cm³/mol. The zero-order chi connectivity index (χ0) is 30.9. The summed E-state index contributed by atoms with van der Waals surface area (Å²) in [6.45, 7) is 5.81. The van der Waals surface area contributed by atoms with Crippen molar-refractivity contribution in [2.24, 2.45) is 4.99 Å². The summed E-state index contributed by atoms with van der Waals surface area (Å²) in [7, 11) is 1.54. The molecule has 0 radical (unpaired) electrons. The first-order chi connectivity index (χ1) is 20.4. The average Bonchev–Trinajstić information content (AvgIpc) is 3.60. The van der Waals surface area contributed by atoms with Crippen LogP contribution in [-0.2, 0) is 11.0 Å². The average molecular weight is 610 g/mol.